The van der Waals surface area contributed by atoms with Gasteiger partial charge in [-0.05, 0) is 46.6 Å². The first-order chi connectivity index (χ1) is 9.21. The largest absolute Gasteiger partial charge is 0.349 e. The van der Waals surface area contributed by atoms with E-state index in [1.807, 2.05) is 27.7 Å². The molecule has 0 bridgehead atoms. The summed E-state index contributed by atoms with van der Waals surface area (Å²) in [5.74, 6) is 0.340. The SMILES string of the molecule is CCC(C)(C)NC(=O)C1CC(C)CN1C(=O)C(C)NC. The van der Waals surface area contributed by atoms with Crippen LogP contribution in [0.1, 0.15) is 47.5 Å². The Hall–Kier alpha value is -1.10. The summed E-state index contributed by atoms with van der Waals surface area (Å²) in [6, 6.07) is -0.589. The second kappa shape index (κ2) is 6.57. The molecule has 3 unspecified atom stereocenters. The van der Waals surface area contributed by atoms with Crippen LogP contribution in [-0.2, 0) is 9.59 Å². The summed E-state index contributed by atoms with van der Waals surface area (Å²) in [6.45, 7) is 10.6. The van der Waals surface area contributed by atoms with Crippen molar-refractivity contribution in [2.75, 3.05) is 13.6 Å². The van der Waals surface area contributed by atoms with E-state index >= 15 is 0 Å². The zero-order valence-electron chi connectivity index (χ0n) is 13.6. The third-order valence-corrected chi connectivity index (χ3v) is 4.24. The van der Waals surface area contributed by atoms with Crippen molar-refractivity contribution in [3.63, 3.8) is 0 Å². The number of carbonyl (C=O) groups excluding carboxylic acids is 2. The van der Waals surface area contributed by atoms with E-state index in [0.29, 0.717) is 12.5 Å². The lowest BCUT2D eigenvalue weighted by molar-refractivity contribution is -0.140. The summed E-state index contributed by atoms with van der Waals surface area (Å²) in [4.78, 5) is 26.6. The lowest BCUT2D eigenvalue weighted by Gasteiger charge is -2.31. The van der Waals surface area contributed by atoms with Crippen molar-refractivity contribution in [3.05, 3.63) is 0 Å². The van der Waals surface area contributed by atoms with Crippen molar-refractivity contribution in [3.8, 4) is 0 Å². The zero-order chi connectivity index (χ0) is 15.5. The Labute approximate surface area is 122 Å². The fraction of sp³-hybridized carbons (Fsp3) is 0.867. The average molecular weight is 283 g/mol. The molecular formula is C15H29N3O2. The van der Waals surface area contributed by atoms with Gasteiger partial charge in [0.15, 0.2) is 0 Å². The predicted molar refractivity (Wildman–Crippen MR) is 80.3 cm³/mol. The third-order valence-electron chi connectivity index (χ3n) is 4.24. The van der Waals surface area contributed by atoms with E-state index in [2.05, 4.69) is 17.6 Å². The standard InChI is InChI=1S/C15H29N3O2/c1-7-15(4,5)17-13(19)12-8-10(2)9-18(12)14(20)11(3)16-6/h10-12,16H,7-9H2,1-6H3,(H,17,19). The highest BCUT2D eigenvalue weighted by molar-refractivity contribution is 5.90. The quantitative estimate of drug-likeness (QED) is 0.795. The second-order valence-corrected chi connectivity index (χ2v) is 6.58. The Morgan fingerprint density at radius 3 is 2.50 bits per heavy atom. The molecule has 1 heterocycles. The number of rotatable bonds is 5. The Kier molecular flexibility index (Phi) is 5.57. The molecule has 0 aromatic heterocycles. The summed E-state index contributed by atoms with van der Waals surface area (Å²) in [6.07, 6.45) is 1.61. The summed E-state index contributed by atoms with van der Waals surface area (Å²) in [5, 5.41) is 6.01. The molecule has 0 saturated carbocycles. The molecule has 1 fully saturated rings. The van der Waals surface area contributed by atoms with E-state index in [9.17, 15) is 9.59 Å². The molecule has 20 heavy (non-hydrogen) atoms. The van der Waals surface area contributed by atoms with Gasteiger partial charge in [-0.15, -0.1) is 0 Å². The molecule has 2 amide bonds. The Morgan fingerprint density at radius 1 is 1.40 bits per heavy atom. The van der Waals surface area contributed by atoms with Gasteiger partial charge >= 0.3 is 0 Å². The highest BCUT2D eigenvalue weighted by Crippen LogP contribution is 2.24. The molecule has 0 radical (unpaired) electrons. The van der Waals surface area contributed by atoms with Crippen molar-refractivity contribution in [1.82, 2.24) is 15.5 Å². The first kappa shape index (κ1) is 17.0. The van der Waals surface area contributed by atoms with Crippen molar-refractivity contribution < 1.29 is 9.59 Å². The number of amides is 2. The molecule has 116 valence electrons. The van der Waals surface area contributed by atoms with Gasteiger partial charge in [0.1, 0.15) is 6.04 Å². The van der Waals surface area contributed by atoms with E-state index < -0.39 is 0 Å². The molecule has 5 heteroatoms. The molecule has 0 spiro atoms. The molecule has 0 aliphatic carbocycles. The molecule has 0 aromatic rings. The maximum absolute atomic E-state index is 12.5. The van der Waals surface area contributed by atoms with Crippen LogP contribution in [0.5, 0.6) is 0 Å². The summed E-state index contributed by atoms with van der Waals surface area (Å²) < 4.78 is 0. The van der Waals surface area contributed by atoms with Gasteiger partial charge in [0.25, 0.3) is 0 Å². The van der Waals surface area contributed by atoms with Crippen molar-refractivity contribution in [1.29, 1.82) is 0 Å². The Bertz CT molecular complexity index is 368. The van der Waals surface area contributed by atoms with Crippen LogP contribution >= 0.6 is 0 Å². The van der Waals surface area contributed by atoms with Gasteiger partial charge in [-0.1, -0.05) is 13.8 Å². The molecular weight excluding hydrogens is 254 g/mol. The van der Waals surface area contributed by atoms with Gasteiger partial charge < -0.3 is 15.5 Å². The third kappa shape index (κ3) is 3.95. The molecule has 1 rings (SSSR count). The van der Waals surface area contributed by atoms with E-state index in [1.165, 1.54) is 0 Å². The van der Waals surface area contributed by atoms with Crippen LogP contribution in [0.3, 0.4) is 0 Å². The van der Waals surface area contributed by atoms with Crippen LogP contribution in [0.25, 0.3) is 0 Å². The molecule has 5 nitrogen and oxygen atoms in total. The van der Waals surface area contributed by atoms with E-state index in [-0.39, 0.29) is 29.4 Å². The van der Waals surface area contributed by atoms with Crippen LogP contribution in [0.2, 0.25) is 0 Å². The Morgan fingerprint density at radius 2 is 2.00 bits per heavy atom. The smallest absolute Gasteiger partial charge is 0.243 e. The molecule has 2 N–H and O–H groups in total. The fourth-order valence-corrected chi connectivity index (χ4v) is 2.42. The molecule has 1 saturated heterocycles. The van der Waals surface area contributed by atoms with Crippen LogP contribution in [0, 0.1) is 5.92 Å². The summed E-state index contributed by atoms with van der Waals surface area (Å²) in [5.41, 5.74) is -0.230. The van der Waals surface area contributed by atoms with Crippen molar-refractivity contribution in [2.24, 2.45) is 5.92 Å². The van der Waals surface area contributed by atoms with Crippen LogP contribution < -0.4 is 10.6 Å². The fourth-order valence-electron chi connectivity index (χ4n) is 2.42. The number of likely N-dealkylation sites (N-methyl/N-ethyl adjacent to an activating group) is 1. The minimum absolute atomic E-state index is 0.00584. The normalized spacial score (nSPS) is 24.6. The number of likely N-dealkylation sites (tertiary alicyclic amines) is 1. The molecule has 1 aliphatic heterocycles. The van der Waals surface area contributed by atoms with Gasteiger partial charge in [0.2, 0.25) is 11.8 Å². The molecule has 3 atom stereocenters. The second-order valence-electron chi connectivity index (χ2n) is 6.58. The summed E-state index contributed by atoms with van der Waals surface area (Å²) in [7, 11) is 1.76. The first-order valence-electron chi connectivity index (χ1n) is 7.51. The number of carbonyl (C=O) groups is 2. The topological polar surface area (TPSA) is 61.4 Å². The number of hydrogen-bond donors (Lipinski definition) is 2. The van der Waals surface area contributed by atoms with Crippen LogP contribution in [0.15, 0.2) is 0 Å². The van der Waals surface area contributed by atoms with E-state index in [1.54, 1.807) is 11.9 Å². The maximum atomic E-state index is 12.5. The highest BCUT2D eigenvalue weighted by atomic mass is 16.2. The van der Waals surface area contributed by atoms with Gasteiger partial charge in [0.05, 0.1) is 6.04 Å². The number of nitrogens with one attached hydrogen (secondary N) is 2. The zero-order valence-corrected chi connectivity index (χ0v) is 13.6. The lowest BCUT2D eigenvalue weighted by atomic mass is 10.0. The minimum Gasteiger partial charge on any atom is -0.349 e. The minimum atomic E-state index is -0.334. The number of nitrogens with zero attached hydrogens (tertiary/aromatic N) is 1. The van der Waals surface area contributed by atoms with Gasteiger partial charge in [-0.3, -0.25) is 9.59 Å². The molecule has 1 aliphatic rings. The lowest BCUT2D eigenvalue weighted by Crippen LogP contribution is -2.54. The van der Waals surface area contributed by atoms with Gasteiger partial charge in [-0.2, -0.15) is 0 Å². The van der Waals surface area contributed by atoms with Crippen LogP contribution in [-0.4, -0.2) is 47.9 Å². The van der Waals surface area contributed by atoms with E-state index in [0.717, 1.165) is 12.8 Å². The summed E-state index contributed by atoms with van der Waals surface area (Å²) >= 11 is 0. The van der Waals surface area contributed by atoms with Crippen LogP contribution in [0.4, 0.5) is 0 Å². The van der Waals surface area contributed by atoms with Gasteiger partial charge in [0, 0.05) is 12.1 Å². The van der Waals surface area contributed by atoms with E-state index in [4.69, 9.17) is 0 Å². The maximum Gasteiger partial charge on any atom is 0.243 e. The van der Waals surface area contributed by atoms with Crippen molar-refractivity contribution in [2.45, 2.75) is 65.1 Å². The highest BCUT2D eigenvalue weighted by Gasteiger charge is 2.39. The average Bonchev–Trinajstić information content (AvgIpc) is 2.78. The van der Waals surface area contributed by atoms with Gasteiger partial charge in [-0.25, -0.2) is 0 Å². The number of hydrogen-bond acceptors (Lipinski definition) is 3. The molecule has 0 aromatic carbocycles. The Balaban J connectivity index is 2.80. The monoisotopic (exact) mass is 283 g/mol. The van der Waals surface area contributed by atoms with Crippen molar-refractivity contribution >= 4 is 11.8 Å². The first-order valence-corrected chi connectivity index (χ1v) is 7.51. The predicted octanol–water partition coefficient (Wildman–Crippen LogP) is 1.14.